The zero-order valence-electron chi connectivity index (χ0n) is 31.4. The van der Waals surface area contributed by atoms with E-state index in [1.54, 1.807) is 0 Å². The van der Waals surface area contributed by atoms with Crippen LogP contribution in [0.5, 0.6) is 0 Å². The maximum Gasteiger partial charge on any atom is 0.342 e. The SMILES string of the molecule is CCC(C)C1CC(=O)C(c2c(C)cc(C)cc2C)C(=O)O1.CCC(C)C1CC(OC(=O)C(C)(C)C)=C(c2c(C)cc(C)cc2C)C(=O)O1. The number of rotatable bonds is 7. The number of benzene rings is 2. The second-order valence-corrected chi connectivity index (χ2v) is 15.0. The number of aryl methyl sites for hydroxylation is 6. The van der Waals surface area contributed by atoms with E-state index in [0.29, 0.717) is 24.2 Å². The van der Waals surface area contributed by atoms with Crippen LogP contribution in [0.1, 0.15) is 125 Å². The van der Waals surface area contributed by atoms with E-state index in [1.165, 1.54) is 0 Å². The van der Waals surface area contributed by atoms with E-state index >= 15 is 0 Å². The van der Waals surface area contributed by atoms with Gasteiger partial charge in [0, 0.05) is 12.8 Å². The molecule has 7 nitrogen and oxygen atoms in total. The van der Waals surface area contributed by atoms with Gasteiger partial charge in [0.15, 0.2) is 5.78 Å². The topological polar surface area (TPSA) is 96.0 Å². The highest BCUT2D eigenvalue weighted by molar-refractivity contribution is 6.19. The van der Waals surface area contributed by atoms with Gasteiger partial charge in [0.2, 0.25) is 0 Å². The smallest absolute Gasteiger partial charge is 0.342 e. The Kier molecular flexibility index (Phi) is 12.6. The van der Waals surface area contributed by atoms with Crippen molar-refractivity contribution in [1.29, 1.82) is 0 Å². The molecule has 1 fully saturated rings. The van der Waals surface area contributed by atoms with Gasteiger partial charge in [0.05, 0.1) is 5.41 Å². The second-order valence-electron chi connectivity index (χ2n) is 15.0. The summed E-state index contributed by atoms with van der Waals surface area (Å²) in [5.41, 5.74) is 7.59. The zero-order chi connectivity index (χ0) is 36.2. The van der Waals surface area contributed by atoms with Gasteiger partial charge in [-0.25, -0.2) is 4.79 Å². The highest BCUT2D eigenvalue weighted by atomic mass is 16.6. The Hall–Kier alpha value is -3.74. The third kappa shape index (κ3) is 8.83. The van der Waals surface area contributed by atoms with Gasteiger partial charge in [-0.1, -0.05) is 75.9 Å². The number of ether oxygens (including phenoxy) is 3. The van der Waals surface area contributed by atoms with Crippen LogP contribution in [0.15, 0.2) is 30.0 Å². The monoisotopic (exact) mass is 660 g/mol. The number of esters is 3. The fraction of sp³-hybridized carbons (Fsp3) is 0.561. The summed E-state index contributed by atoms with van der Waals surface area (Å²) < 4.78 is 17.1. The number of carbonyl (C=O) groups excluding carboxylic acids is 4. The largest absolute Gasteiger partial charge is 0.461 e. The average molecular weight is 661 g/mol. The van der Waals surface area contributed by atoms with Crippen molar-refractivity contribution in [3.05, 3.63) is 74.5 Å². The molecule has 262 valence electrons. The first-order valence-electron chi connectivity index (χ1n) is 17.4. The molecule has 2 aromatic carbocycles. The molecule has 0 aromatic heterocycles. The second kappa shape index (κ2) is 15.7. The number of hydrogen-bond donors (Lipinski definition) is 0. The van der Waals surface area contributed by atoms with E-state index in [4.69, 9.17) is 14.2 Å². The molecule has 0 N–H and O–H groups in total. The summed E-state index contributed by atoms with van der Waals surface area (Å²) in [5.74, 6) is -1.03. The van der Waals surface area contributed by atoms with Gasteiger partial charge in [-0.15, -0.1) is 0 Å². The summed E-state index contributed by atoms with van der Waals surface area (Å²) in [6.45, 7) is 25.5. The lowest BCUT2D eigenvalue weighted by molar-refractivity contribution is -0.163. The molecule has 2 aromatic rings. The third-order valence-corrected chi connectivity index (χ3v) is 9.69. The van der Waals surface area contributed by atoms with Gasteiger partial charge in [-0.3, -0.25) is 14.4 Å². The normalized spacial score (nSPS) is 21.1. The quantitative estimate of drug-likeness (QED) is 0.166. The van der Waals surface area contributed by atoms with E-state index in [2.05, 4.69) is 13.8 Å². The first-order valence-corrected chi connectivity index (χ1v) is 17.4. The van der Waals surface area contributed by atoms with E-state index in [-0.39, 0.29) is 41.8 Å². The van der Waals surface area contributed by atoms with Gasteiger partial charge in [-0.05, 0) is 108 Å². The van der Waals surface area contributed by atoms with Crippen LogP contribution >= 0.6 is 0 Å². The molecule has 1 saturated heterocycles. The first-order chi connectivity index (χ1) is 22.3. The average Bonchev–Trinajstić information content (AvgIpc) is 2.97. The van der Waals surface area contributed by atoms with Gasteiger partial charge in [0.25, 0.3) is 0 Å². The number of ketones is 1. The molecule has 0 saturated carbocycles. The number of cyclic esters (lactones) is 2. The predicted octanol–water partition coefficient (Wildman–Crippen LogP) is 8.90. The summed E-state index contributed by atoms with van der Waals surface area (Å²) in [4.78, 5) is 50.5. The fourth-order valence-electron chi connectivity index (χ4n) is 6.60. The fourth-order valence-corrected chi connectivity index (χ4v) is 6.60. The molecule has 0 bridgehead atoms. The summed E-state index contributed by atoms with van der Waals surface area (Å²) in [6.07, 6.45) is 2.00. The molecular weight excluding hydrogens is 604 g/mol. The lowest BCUT2D eigenvalue weighted by Crippen LogP contribution is -2.40. The van der Waals surface area contributed by atoms with Gasteiger partial charge in [-0.2, -0.15) is 0 Å². The standard InChI is InChI=1S/C23H32O4.C18H24O3/c1-9-14(3)17-12-18(27-22(25)23(6,7)8)20(21(24)26-17)19-15(4)10-13(2)11-16(19)5;1-6-11(3)15-9-14(19)17(18(20)21-15)16-12(4)7-10(2)8-13(16)5/h10-11,14,17H,9,12H2,1-8H3;7-8,11,15,17H,6,9H2,1-5H3. The van der Waals surface area contributed by atoms with Gasteiger partial charge >= 0.3 is 17.9 Å². The molecule has 0 radical (unpaired) electrons. The van der Waals surface area contributed by atoms with Crippen LogP contribution in [0, 0.1) is 58.8 Å². The molecule has 48 heavy (non-hydrogen) atoms. The number of hydrogen-bond acceptors (Lipinski definition) is 7. The third-order valence-electron chi connectivity index (χ3n) is 9.69. The summed E-state index contributed by atoms with van der Waals surface area (Å²) in [7, 11) is 0. The number of carbonyl (C=O) groups is 4. The highest BCUT2D eigenvalue weighted by Crippen LogP contribution is 2.38. The van der Waals surface area contributed by atoms with Crippen LogP contribution in [0.25, 0.3) is 5.57 Å². The van der Waals surface area contributed by atoms with Crippen molar-refractivity contribution < 1.29 is 33.4 Å². The molecule has 2 heterocycles. The summed E-state index contributed by atoms with van der Waals surface area (Å²) in [6, 6.07) is 8.10. The van der Waals surface area contributed by atoms with Crippen molar-refractivity contribution in [2.45, 2.75) is 134 Å². The van der Waals surface area contributed by atoms with Crippen molar-refractivity contribution in [2.75, 3.05) is 0 Å². The van der Waals surface area contributed by atoms with Gasteiger partial charge < -0.3 is 14.2 Å². The molecule has 0 aliphatic carbocycles. The molecular formula is C41H56O7. The molecule has 4 rings (SSSR count). The van der Waals surface area contributed by atoms with Crippen LogP contribution in [0.3, 0.4) is 0 Å². The minimum Gasteiger partial charge on any atom is -0.461 e. The molecule has 0 spiro atoms. The lowest BCUT2D eigenvalue weighted by atomic mass is 9.82. The first kappa shape index (κ1) is 38.7. The van der Waals surface area contributed by atoms with Crippen LogP contribution in [0.4, 0.5) is 0 Å². The molecule has 5 unspecified atom stereocenters. The van der Waals surface area contributed by atoms with E-state index in [1.807, 2.05) is 100 Å². The van der Waals surface area contributed by atoms with Crippen LogP contribution in [-0.4, -0.2) is 35.9 Å². The van der Waals surface area contributed by atoms with Crippen LogP contribution in [-0.2, 0) is 33.4 Å². The molecule has 0 amide bonds. The van der Waals surface area contributed by atoms with E-state index in [0.717, 1.165) is 57.3 Å². The Morgan fingerprint density at radius 1 is 0.771 bits per heavy atom. The molecule has 7 heteroatoms. The summed E-state index contributed by atoms with van der Waals surface area (Å²) in [5, 5.41) is 0. The maximum atomic E-state index is 13.0. The maximum absolute atomic E-state index is 13.0. The molecule has 5 atom stereocenters. The Morgan fingerprint density at radius 3 is 1.67 bits per heavy atom. The molecule has 2 aliphatic heterocycles. The Bertz CT molecular complexity index is 1520. The summed E-state index contributed by atoms with van der Waals surface area (Å²) >= 11 is 0. The van der Waals surface area contributed by atoms with Gasteiger partial charge in [0.1, 0.15) is 29.5 Å². The Morgan fingerprint density at radius 2 is 1.23 bits per heavy atom. The van der Waals surface area contributed by atoms with E-state index in [9.17, 15) is 19.2 Å². The van der Waals surface area contributed by atoms with Crippen molar-refractivity contribution in [1.82, 2.24) is 0 Å². The van der Waals surface area contributed by atoms with Crippen molar-refractivity contribution in [2.24, 2.45) is 17.3 Å². The van der Waals surface area contributed by atoms with E-state index < -0.39 is 17.3 Å². The number of Topliss-reactive ketones (excluding diaryl/α,β-unsaturated/α-hetero) is 1. The lowest BCUT2D eigenvalue weighted by Gasteiger charge is -2.31. The Labute approximate surface area is 287 Å². The molecule has 2 aliphatic rings. The van der Waals surface area contributed by atoms with Crippen LogP contribution < -0.4 is 0 Å². The van der Waals surface area contributed by atoms with Crippen molar-refractivity contribution >= 4 is 29.3 Å². The van der Waals surface area contributed by atoms with Crippen molar-refractivity contribution in [3.8, 4) is 0 Å². The van der Waals surface area contributed by atoms with Crippen molar-refractivity contribution in [3.63, 3.8) is 0 Å². The zero-order valence-corrected chi connectivity index (χ0v) is 31.4. The Balaban J connectivity index is 0.000000269. The van der Waals surface area contributed by atoms with Crippen LogP contribution in [0.2, 0.25) is 0 Å². The minimum atomic E-state index is -0.745. The highest BCUT2D eigenvalue weighted by Gasteiger charge is 2.41. The predicted molar refractivity (Wildman–Crippen MR) is 189 cm³/mol. The minimum absolute atomic E-state index is 0.00777.